The molecule has 0 aliphatic carbocycles. The molecule has 2 nitrogen and oxygen atoms in total. The average molecular weight is 371 g/mol. The van der Waals surface area contributed by atoms with Crippen LogP contribution in [0.1, 0.15) is 20.8 Å². The van der Waals surface area contributed by atoms with Gasteiger partial charge in [0.25, 0.3) is 0 Å². The van der Waals surface area contributed by atoms with Crippen molar-refractivity contribution >= 4 is 19.7 Å². The van der Waals surface area contributed by atoms with Crippen LogP contribution in [0.15, 0.2) is 10.8 Å². The summed E-state index contributed by atoms with van der Waals surface area (Å²) < 4.78 is 69.4. The minimum Gasteiger partial charge on any atom is -0.289 e. The van der Waals surface area contributed by atoms with Crippen LogP contribution in [0.4, 0.5) is 26.3 Å². The molecule has 0 aliphatic rings. The fraction of sp³-hybridized carbons (Fsp3) is 0.600. The summed E-state index contributed by atoms with van der Waals surface area (Å²) >= 11 is 5.06. The number of carbonyl (C=O) groups is 2. The molecule has 0 saturated heterocycles. The van der Waals surface area contributed by atoms with Crippen molar-refractivity contribution in [2.45, 2.75) is 32.9 Å². The summed E-state index contributed by atoms with van der Waals surface area (Å²) in [5.41, 5.74) is 1.41. The molecule has 20 heavy (non-hydrogen) atoms. The zero-order valence-corrected chi connectivity index (χ0v) is 13.2. The van der Waals surface area contributed by atoms with E-state index in [4.69, 9.17) is 15.4 Å². The van der Waals surface area contributed by atoms with Crippen molar-refractivity contribution < 1.29 is 51.3 Å². The fourth-order valence-corrected chi connectivity index (χ4v) is 1.71. The SMILES string of the molecule is CC(C)=C(C)[SiH2][Cu].O=C(CF)C(F)(F)C(=O)C(F)(F)F. The van der Waals surface area contributed by atoms with E-state index < -0.39 is 30.3 Å². The van der Waals surface area contributed by atoms with E-state index in [0.29, 0.717) is 0 Å². The van der Waals surface area contributed by atoms with Crippen molar-refractivity contribution in [3.05, 3.63) is 10.8 Å². The normalized spacial score (nSPS) is 11.9. The molecule has 0 spiro atoms. The smallest absolute Gasteiger partial charge is 0.289 e. The molecule has 0 aromatic heterocycles. The first kappa shape index (κ1) is 21.7. The van der Waals surface area contributed by atoms with Gasteiger partial charge in [0.15, 0.2) is 6.67 Å². The summed E-state index contributed by atoms with van der Waals surface area (Å²) in [5, 5.41) is 1.46. The van der Waals surface area contributed by atoms with Gasteiger partial charge in [-0.3, -0.25) is 9.59 Å². The van der Waals surface area contributed by atoms with Crippen LogP contribution < -0.4 is 0 Å². The number of Topliss-reactive ketones (excluding diaryl/α,β-unsaturated/α-hetero) is 2. The molecule has 122 valence electrons. The van der Waals surface area contributed by atoms with Crippen molar-refractivity contribution in [1.29, 1.82) is 0 Å². The van der Waals surface area contributed by atoms with Gasteiger partial charge in [0.2, 0.25) is 5.78 Å². The van der Waals surface area contributed by atoms with E-state index in [2.05, 4.69) is 20.8 Å². The Kier molecular flexibility index (Phi) is 9.36. The molecular formula is C10H13CuF6O2Si. The summed E-state index contributed by atoms with van der Waals surface area (Å²) in [4.78, 5) is 19.7. The van der Waals surface area contributed by atoms with Gasteiger partial charge < -0.3 is 0 Å². The van der Waals surface area contributed by atoms with Gasteiger partial charge in [-0.15, -0.1) is 0 Å². The Balaban J connectivity index is 0. The third-order valence-corrected chi connectivity index (χ3v) is 4.55. The number of ketones is 2. The third kappa shape index (κ3) is 7.25. The summed E-state index contributed by atoms with van der Waals surface area (Å²) in [6, 6.07) is 0. The van der Waals surface area contributed by atoms with Gasteiger partial charge in [-0.05, 0) is 0 Å². The number of carbonyl (C=O) groups excluding carboxylic acids is 2. The second-order valence-electron chi connectivity index (χ2n) is 3.85. The van der Waals surface area contributed by atoms with Crippen LogP contribution in [0.25, 0.3) is 0 Å². The average Bonchev–Trinajstić information content (AvgIpc) is 2.34. The standard InChI is InChI=1S/C5H2F6O2.C5H11Si.Cu/c6-1-2(12)4(7,8)3(13)5(9,10)11;1-4(2)5(3)6;/h1H2;6H2,1-3H3;. The van der Waals surface area contributed by atoms with E-state index in [9.17, 15) is 35.9 Å². The van der Waals surface area contributed by atoms with Crippen LogP contribution in [0.3, 0.4) is 0 Å². The van der Waals surface area contributed by atoms with E-state index in [1.165, 1.54) is 10.8 Å². The largest absolute Gasteiger partial charge is 0.456 e. The van der Waals surface area contributed by atoms with Gasteiger partial charge in [0.1, 0.15) is 0 Å². The Hall–Kier alpha value is -0.604. The maximum absolute atomic E-state index is 12.0. The molecule has 0 atom stereocenters. The second-order valence-corrected chi connectivity index (χ2v) is 6.12. The molecule has 0 aliphatic heterocycles. The topological polar surface area (TPSA) is 34.1 Å². The second kappa shape index (κ2) is 8.63. The molecule has 0 aromatic rings. The number of hydrogen-bond donors (Lipinski definition) is 0. The van der Waals surface area contributed by atoms with Crippen LogP contribution in [0.5, 0.6) is 0 Å². The maximum Gasteiger partial charge on any atom is 0.456 e. The van der Waals surface area contributed by atoms with Crippen LogP contribution in [0, 0.1) is 0 Å². The zero-order chi connectivity index (χ0) is 16.7. The minimum atomic E-state index is -5.85. The summed E-state index contributed by atoms with van der Waals surface area (Å²) in [6.07, 6.45) is -5.85. The molecule has 0 amide bonds. The third-order valence-electron chi connectivity index (χ3n) is 2.03. The van der Waals surface area contributed by atoms with Gasteiger partial charge in [0, 0.05) is 0 Å². The van der Waals surface area contributed by atoms with E-state index in [1.807, 2.05) is 0 Å². The molecule has 0 aromatic carbocycles. The zero-order valence-electron chi connectivity index (χ0n) is 10.8. The van der Waals surface area contributed by atoms with Crippen molar-refractivity contribution in [3.63, 3.8) is 0 Å². The first-order valence-corrected chi connectivity index (χ1v) is 8.17. The van der Waals surface area contributed by atoms with Crippen LogP contribution in [-0.4, -0.2) is 38.5 Å². The van der Waals surface area contributed by atoms with Crippen molar-refractivity contribution in [2.24, 2.45) is 0 Å². The molecule has 0 saturated carbocycles. The Morgan fingerprint density at radius 3 is 1.60 bits per heavy atom. The van der Waals surface area contributed by atoms with Gasteiger partial charge in [-0.2, -0.15) is 22.0 Å². The summed E-state index contributed by atoms with van der Waals surface area (Å²) in [7, 11) is -0.267. The Morgan fingerprint density at radius 1 is 1.05 bits per heavy atom. The molecule has 0 unspecified atom stereocenters. The van der Waals surface area contributed by atoms with Gasteiger partial charge in [-0.1, -0.05) is 0 Å². The fourth-order valence-electron chi connectivity index (χ4n) is 0.495. The molecule has 0 bridgehead atoms. The Labute approximate surface area is 122 Å². The Bertz CT molecular complexity index is 388. The first-order valence-electron chi connectivity index (χ1n) is 5.04. The van der Waals surface area contributed by atoms with Gasteiger partial charge in [-0.25, -0.2) is 4.39 Å². The molecular weight excluding hydrogens is 358 g/mol. The molecule has 0 fully saturated rings. The molecule has 0 N–H and O–H groups in total. The number of allylic oxidation sites excluding steroid dienone is 2. The quantitative estimate of drug-likeness (QED) is 0.432. The number of rotatable bonds is 4. The number of hydrogen-bond acceptors (Lipinski definition) is 2. The summed E-state index contributed by atoms with van der Waals surface area (Å²) in [6.45, 7) is 4.04. The van der Waals surface area contributed by atoms with E-state index in [1.54, 1.807) is 0 Å². The molecule has 0 rings (SSSR count). The number of alkyl halides is 6. The van der Waals surface area contributed by atoms with Crippen LogP contribution in [0.2, 0.25) is 0 Å². The number of halogens is 6. The molecule has 0 radical (unpaired) electrons. The van der Waals surface area contributed by atoms with E-state index in [-0.39, 0.29) is 8.13 Å². The van der Waals surface area contributed by atoms with Crippen molar-refractivity contribution in [3.8, 4) is 0 Å². The molecule has 0 heterocycles. The van der Waals surface area contributed by atoms with Crippen molar-refractivity contribution in [1.82, 2.24) is 0 Å². The Morgan fingerprint density at radius 2 is 1.45 bits per heavy atom. The first-order chi connectivity index (χ1) is 8.82. The molecule has 10 heteroatoms. The predicted molar refractivity (Wildman–Crippen MR) is 59.6 cm³/mol. The summed E-state index contributed by atoms with van der Waals surface area (Å²) in [5.74, 6) is -11.6. The van der Waals surface area contributed by atoms with Gasteiger partial charge >= 0.3 is 72.9 Å². The van der Waals surface area contributed by atoms with E-state index >= 15 is 0 Å². The minimum absolute atomic E-state index is 0.267. The van der Waals surface area contributed by atoms with Gasteiger partial charge in [0.05, 0.1) is 0 Å². The van der Waals surface area contributed by atoms with Crippen molar-refractivity contribution in [2.75, 3.05) is 6.67 Å². The van der Waals surface area contributed by atoms with E-state index in [0.717, 1.165) is 0 Å². The maximum atomic E-state index is 12.0. The van der Waals surface area contributed by atoms with Crippen LogP contribution >= 0.6 is 0 Å². The van der Waals surface area contributed by atoms with Crippen LogP contribution in [-0.2, 0) is 25.0 Å². The predicted octanol–water partition coefficient (Wildman–Crippen LogP) is 2.22. The monoisotopic (exact) mass is 370 g/mol.